The molecule has 2 unspecified atom stereocenters. The highest BCUT2D eigenvalue weighted by atomic mass is 32.2. The van der Waals surface area contributed by atoms with Gasteiger partial charge in [0, 0.05) is 32.2 Å². The highest BCUT2D eigenvalue weighted by Crippen LogP contribution is 2.29. The van der Waals surface area contributed by atoms with Gasteiger partial charge >= 0.3 is 0 Å². The normalized spacial score (nSPS) is 19.9. The zero-order chi connectivity index (χ0) is 19.3. The van der Waals surface area contributed by atoms with Gasteiger partial charge in [-0.2, -0.15) is 4.31 Å². The summed E-state index contributed by atoms with van der Waals surface area (Å²) in [5.74, 6) is -0.257. The van der Waals surface area contributed by atoms with Crippen molar-refractivity contribution in [2.75, 3.05) is 20.1 Å². The van der Waals surface area contributed by atoms with Crippen molar-refractivity contribution >= 4 is 15.9 Å². The number of amides is 1. The molecule has 26 heavy (non-hydrogen) atoms. The Morgan fingerprint density at radius 1 is 1.35 bits per heavy atom. The Morgan fingerprint density at radius 2 is 2.04 bits per heavy atom. The molecule has 0 spiro atoms. The summed E-state index contributed by atoms with van der Waals surface area (Å²) in [4.78, 5) is 14.5. The summed E-state index contributed by atoms with van der Waals surface area (Å²) in [6.45, 7) is 4.95. The Hall–Kier alpha value is -1.44. The van der Waals surface area contributed by atoms with Crippen LogP contribution in [0.5, 0.6) is 0 Å². The Labute approximate surface area is 157 Å². The van der Waals surface area contributed by atoms with Crippen LogP contribution in [0, 0.1) is 0 Å². The van der Waals surface area contributed by atoms with Gasteiger partial charge in [0.15, 0.2) is 0 Å². The molecule has 1 amide bonds. The fourth-order valence-electron chi connectivity index (χ4n) is 3.45. The van der Waals surface area contributed by atoms with Gasteiger partial charge in [-0.25, -0.2) is 8.42 Å². The van der Waals surface area contributed by atoms with Crippen molar-refractivity contribution in [3.8, 4) is 0 Å². The molecule has 2 rings (SSSR count). The lowest BCUT2D eigenvalue weighted by Gasteiger charge is -2.37. The smallest absolute Gasteiger partial charge is 0.254 e. The largest absolute Gasteiger partial charge is 0.342 e. The van der Waals surface area contributed by atoms with Gasteiger partial charge in [0.2, 0.25) is 10.0 Å². The third kappa shape index (κ3) is 4.45. The lowest BCUT2D eigenvalue weighted by molar-refractivity contribution is 0.0789. The Kier molecular flexibility index (Phi) is 7.20. The predicted molar refractivity (Wildman–Crippen MR) is 103 cm³/mol. The number of sulfonamides is 1. The van der Waals surface area contributed by atoms with Gasteiger partial charge in [0.05, 0.1) is 10.5 Å². The molecule has 0 saturated carbocycles. The van der Waals surface area contributed by atoms with E-state index in [1.165, 1.54) is 10.4 Å². The molecule has 0 radical (unpaired) electrons. The van der Waals surface area contributed by atoms with Crippen molar-refractivity contribution < 1.29 is 13.2 Å². The van der Waals surface area contributed by atoms with Crippen molar-refractivity contribution in [3.63, 3.8) is 0 Å². The van der Waals surface area contributed by atoms with Crippen molar-refractivity contribution in [1.82, 2.24) is 9.21 Å². The van der Waals surface area contributed by atoms with Crippen molar-refractivity contribution in [2.24, 2.45) is 5.73 Å². The summed E-state index contributed by atoms with van der Waals surface area (Å²) < 4.78 is 28.2. The number of hydrogen-bond donors (Lipinski definition) is 1. The number of carbonyl (C=O) groups excluding carboxylic acids is 1. The van der Waals surface area contributed by atoms with Gasteiger partial charge < -0.3 is 10.6 Å². The topological polar surface area (TPSA) is 83.7 Å². The van der Waals surface area contributed by atoms with E-state index in [1.54, 1.807) is 30.1 Å². The second kappa shape index (κ2) is 8.97. The van der Waals surface area contributed by atoms with E-state index in [1.807, 2.05) is 6.92 Å². The first-order chi connectivity index (χ1) is 12.3. The van der Waals surface area contributed by atoms with E-state index in [0.29, 0.717) is 13.1 Å². The Balaban J connectivity index is 2.39. The molecule has 6 nitrogen and oxygen atoms in total. The number of nitrogens with zero attached hydrogens (tertiary/aromatic N) is 2. The van der Waals surface area contributed by atoms with Crippen LogP contribution in [0.3, 0.4) is 0 Å². The number of hydrogen-bond acceptors (Lipinski definition) is 4. The molecule has 0 aromatic heterocycles. The Morgan fingerprint density at radius 3 is 2.69 bits per heavy atom. The second-order valence-electron chi connectivity index (χ2n) is 7.11. The molecule has 1 fully saturated rings. The van der Waals surface area contributed by atoms with Crippen LogP contribution in [0.25, 0.3) is 0 Å². The zero-order valence-corrected chi connectivity index (χ0v) is 16.8. The van der Waals surface area contributed by atoms with Crippen LogP contribution in [-0.4, -0.2) is 55.8 Å². The van der Waals surface area contributed by atoms with Crippen LogP contribution < -0.4 is 5.73 Å². The maximum atomic E-state index is 13.4. The predicted octanol–water partition coefficient (Wildman–Crippen LogP) is 2.45. The number of nitrogens with two attached hydrogens (primary N) is 1. The monoisotopic (exact) mass is 381 g/mol. The van der Waals surface area contributed by atoms with Gasteiger partial charge in [0.1, 0.15) is 0 Å². The van der Waals surface area contributed by atoms with Crippen molar-refractivity contribution in [2.45, 2.75) is 62.9 Å². The van der Waals surface area contributed by atoms with E-state index in [4.69, 9.17) is 5.73 Å². The minimum absolute atomic E-state index is 0.0842. The summed E-state index contributed by atoms with van der Waals surface area (Å²) in [6, 6.07) is 6.03. The highest BCUT2D eigenvalue weighted by molar-refractivity contribution is 7.89. The van der Waals surface area contributed by atoms with Crippen LogP contribution in [0.15, 0.2) is 29.2 Å². The van der Waals surface area contributed by atoms with Crippen molar-refractivity contribution in [3.05, 3.63) is 29.8 Å². The first-order valence-corrected chi connectivity index (χ1v) is 10.9. The fourth-order valence-corrected chi connectivity index (χ4v) is 5.41. The number of benzene rings is 1. The fraction of sp³-hybridized carbons (Fsp3) is 0.632. The molecular formula is C19H31N3O3S. The lowest BCUT2D eigenvalue weighted by Crippen LogP contribution is -2.51. The molecule has 0 bridgehead atoms. The highest BCUT2D eigenvalue weighted by Gasteiger charge is 2.37. The Bertz CT molecular complexity index is 718. The van der Waals surface area contributed by atoms with Crippen LogP contribution in [0.4, 0.5) is 0 Å². The zero-order valence-electron chi connectivity index (χ0n) is 16.0. The molecule has 146 valence electrons. The maximum Gasteiger partial charge on any atom is 0.254 e. The first kappa shape index (κ1) is 20.9. The van der Waals surface area contributed by atoms with Crippen LogP contribution in [0.2, 0.25) is 0 Å². The average molecular weight is 382 g/mol. The van der Waals surface area contributed by atoms with E-state index < -0.39 is 10.0 Å². The summed E-state index contributed by atoms with van der Waals surface area (Å²) in [5.41, 5.74) is 6.29. The molecular weight excluding hydrogens is 350 g/mol. The van der Waals surface area contributed by atoms with E-state index in [2.05, 4.69) is 6.92 Å². The number of unbranched alkanes of at least 4 members (excludes halogenated alkanes) is 1. The van der Waals surface area contributed by atoms with Gasteiger partial charge in [-0.05, 0) is 38.3 Å². The minimum atomic E-state index is -3.78. The average Bonchev–Trinajstić information content (AvgIpc) is 2.65. The summed E-state index contributed by atoms with van der Waals surface area (Å²) in [5, 5.41) is 0. The summed E-state index contributed by atoms with van der Waals surface area (Å²) in [6.07, 6.45) is 4.40. The minimum Gasteiger partial charge on any atom is -0.342 e. The SMILES string of the molecule is CCCCN(C)C(=O)c1ccccc1S(=O)(=O)N1CCCCC1C(C)N. The molecule has 1 saturated heterocycles. The van der Waals surface area contributed by atoms with E-state index >= 15 is 0 Å². The van der Waals surface area contributed by atoms with Crippen molar-refractivity contribution in [1.29, 1.82) is 0 Å². The number of carbonyl (C=O) groups is 1. The van der Waals surface area contributed by atoms with E-state index in [9.17, 15) is 13.2 Å². The van der Waals surface area contributed by atoms with Crippen LogP contribution in [-0.2, 0) is 10.0 Å². The standard InChI is InChI=1S/C19H31N3O3S/c1-4-5-13-21(3)19(23)16-10-6-7-12-18(16)26(24,25)22-14-9-8-11-17(22)15(2)20/h6-7,10,12,15,17H,4-5,8-9,11,13-14,20H2,1-3H3. The lowest BCUT2D eigenvalue weighted by atomic mass is 10.00. The van der Waals surface area contributed by atoms with Gasteiger partial charge in [-0.1, -0.05) is 31.9 Å². The van der Waals surface area contributed by atoms with Gasteiger partial charge in [0.25, 0.3) is 5.91 Å². The quantitative estimate of drug-likeness (QED) is 0.786. The molecule has 0 aliphatic carbocycles. The third-order valence-electron chi connectivity index (χ3n) is 5.00. The number of rotatable bonds is 7. The van der Waals surface area contributed by atoms with Gasteiger partial charge in [-0.15, -0.1) is 0 Å². The molecule has 1 aliphatic rings. The molecule has 2 N–H and O–H groups in total. The molecule has 1 aromatic carbocycles. The molecule has 2 atom stereocenters. The first-order valence-electron chi connectivity index (χ1n) is 9.42. The molecule has 1 aromatic rings. The second-order valence-corrected chi connectivity index (χ2v) is 8.97. The van der Waals surface area contributed by atoms with E-state index in [0.717, 1.165) is 32.1 Å². The maximum absolute atomic E-state index is 13.4. The van der Waals surface area contributed by atoms with Crippen LogP contribution in [0.1, 0.15) is 56.3 Å². The van der Waals surface area contributed by atoms with E-state index in [-0.39, 0.29) is 28.4 Å². The number of piperidine rings is 1. The van der Waals surface area contributed by atoms with Gasteiger partial charge in [-0.3, -0.25) is 4.79 Å². The summed E-state index contributed by atoms with van der Waals surface area (Å²) >= 11 is 0. The molecule has 1 aliphatic heterocycles. The molecule has 1 heterocycles. The summed E-state index contributed by atoms with van der Waals surface area (Å²) in [7, 11) is -2.06. The molecule has 7 heteroatoms. The van der Waals surface area contributed by atoms with Crippen LogP contribution >= 0.6 is 0 Å². The third-order valence-corrected chi connectivity index (χ3v) is 6.99.